The summed E-state index contributed by atoms with van der Waals surface area (Å²) in [6.45, 7) is 0. The first-order chi connectivity index (χ1) is 13.6. The summed E-state index contributed by atoms with van der Waals surface area (Å²) in [6.07, 6.45) is 0. The lowest BCUT2D eigenvalue weighted by atomic mass is 10.2. The molecule has 0 heterocycles. The van der Waals surface area contributed by atoms with Crippen LogP contribution < -0.4 is 10.0 Å². The van der Waals surface area contributed by atoms with Crippen LogP contribution in [-0.4, -0.2) is 19.4 Å². The SMILES string of the molecule is O=C(Nc1cc(S(=O)(=O)Nc2cccc(Cl)c2)ccc1O)c1cc(F)cc(F)c1. The minimum absolute atomic E-state index is 0.214. The molecule has 0 atom stereocenters. The van der Waals surface area contributed by atoms with Gasteiger partial charge in [0, 0.05) is 16.7 Å². The van der Waals surface area contributed by atoms with E-state index in [9.17, 15) is 27.1 Å². The van der Waals surface area contributed by atoms with Crippen molar-refractivity contribution in [3.8, 4) is 5.75 Å². The van der Waals surface area contributed by atoms with Crippen molar-refractivity contribution in [1.82, 2.24) is 0 Å². The van der Waals surface area contributed by atoms with Crippen LogP contribution in [0.15, 0.2) is 65.6 Å². The number of rotatable bonds is 5. The molecule has 0 bridgehead atoms. The number of anilines is 2. The molecule has 3 aromatic carbocycles. The first-order valence-corrected chi connectivity index (χ1v) is 9.89. The highest BCUT2D eigenvalue weighted by Gasteiger charge is 2.18. The number of benzene rings is 3. The summed E-state index contributed by atoms with van der Waals surface area (Å²) < 4.78 is 54.1. The summed E-state index contributed by atoms with van der Waals surface area (Å²) in [4.78, 5) is 12.0. The molecule has 1 amide bonds. The lowest BCUT2D eigenvalue weighted by molar-refractivity contribution is 0.102. The Morgan fingerprint density at radius 1 is 0.966 bits per heavy atom. The molecule has 150 valence electrons. The smallest absolute Gasteiger partial charge is 0.261 e. The zero-order chi connectivity index (χ0) is 21.2. The van der Waals surface area contributed by atoms with Gasteiger partial charge in [-0.2, -0.15) is 0 Å². The molecule has 0 aliphatic carbocycles. The minimum Gasteiger partial charge on any atom is -0.506 e. The van der Waals surface area contributed by atoms with Gasteiger partial charge in [-0.15, -0.1) is 0 Å². The Morgan fingerprint density at radius 2 is 1.66 bits per heavy atom. The quantitative estimate of drug-likeness (QED) is 0.515. The zero-order valence-electron chi connectivity index (χ0n) is 14.5. The van der Waals surface area contributed by atoms with Gasteiger partial charge in [-0.05, 0) is 48.5 Å². The second-order valence-electron chi connectivity index (χ2n) is 5.91. The van der Waals surface area contributed by atoms with Gasteiger partial charge in [0.15, 0.2) is 0 Å². The molecule has 3 N–H and O–H groups in total. The Morgan fingerprint density at radius 3 is 2.31 bits per heavy atom. The van der Waals surface area contributed by atoms with Gasteiger partial charge >= 0.3 is 0 Å². The fraction of sp³-hybridized carbons (Fsp3) is 0. The number of hydrogen-bond donors (Lipinski definition) is 3. The molecule has 0 saturated carbocycles. The molecule has 0 radical (unpaired) electrons. The van der Waals surface area contributed by atoms with E-state index in [-0.39, 0.29) is 21.8 Å². The molecule has 0 aliphatic rings. The van der Waals surface area contributed by atoms with Crippen LogP contribution in [0.3, 0.4) is 0 Å². The molecule has 3 rings (SSSR count). The number of hydrogen-bond acceptors (Lipinski definition) is 4. The molecule has 0 unspecified atom stereocenters. The zero-order valence-corrected chi connectivity index (χ0v) is 16.1. The normalized spacial score (nSPS) is 11.1. The maximum atomic E-state index is 13.3. The van der Waals surface area contributed by atoms with Crippen LogP contribution in [0, 0.1) is 11.6 Å². The molecular weight excluding hydrogens is 426 g/mol. The van der Waals surface area contributed by atoms with Crippen LogP contribution in [-0.2, 0) is 10.0 Å². The van der Waals surface area contributed by atoms with E-state index in [4.69, 9.17) is 11.6 Å². The molecule has 0 aromatic heterocycles. The van der Waals surface area contributed by atoms with Crippen LogP contribution in [0.2, 0.25) is 5.02 Å². The predicted octanol–water partition coefficient (Wildman–Crippen LogP) is 4.38. The first-order valence-electron chi connectivity index (χ1n) is 8.03. The molecule has 3 aromatic rings. The number of phenols is 1. The van der Waals surface area contributed by atoms with Crippen LogP contribution in [0.1, 0.15) is 10.4 Å². The van der Waals surface area contributed by atoms with Crippen molar-refractivity contribution in [3.63, 3.8) is 0 Å². The monoisotopic (exact) mass is 438 g/mol. The van der Waals surface area contributed by atoms with Gasteiger partial charge in [-0.3, -0.25) is 9.52 Å². The van der Waals surface area contributed by atoms with E-state index in [2.05, 4.69) is 10.0 Å². The standard InChI is InChI=1S/C19H13ClF2N2O4S/c20-12-2-1-3-15(8-12)24-29(27,28)16-4-5-18(25)17(10-16)23-19(26)11-6-13(21)9-14(22)7-11/h1-10,24-25H,(H,23,26). The van der Waals surface area contributed by atoms with Crippen molar-refractivity contribution in [2.75, 3.05) is 10.0 Å². The Hall–Kier alpha value is -3.17. The van der Waals surface area contributed by atoms with E-state index < -0.39 is 33.3 Å². The fourth-order valence-electron chi connectivity index (χ4n) is 2.43. The summed E-state index contributed by atoms with van der Waals surface area (Å²) >= 11 is 5.83. The number of carbonyl (C=O) groups is 1. The number of nitrogens with one attached hydrogen (secondary N) is 2. The molecule has 0 saturated heterocycles. The van der Waals surface area contributed by atoms with Crippen LogP contribution in [0.25, 0.3) is 0 Å². The van der Waals surface area contributed by atoms with Gasteiger partial charge in [-0.1, -0.05) is 17.7 Å². The van der Waals surface area contributed by atoms with Crippen molar-refractivity contribution < 1.29 is 27.1 Å². The number of amides is 1. The molecule has 29 heavy (non-hydrogen) atoms. The largest absolute Gasteiger partial charge is 0.506 e. The van der Waals surface area contributed by atoms with Crippen molar-refractivity contribution >= 4 is 38.9 Å². The summed E-state index contributed by atoms with van der Waals surface area (Å²) in [5, 5.41) is 12.5. The first kappa shape index (κ1) is 20.6. The van der Waals surface area contributed by atoms with Crippen LogP contribution in [0.4, 0.5) is 20.2 Å². The molecule has 6 nitrogen and oxygen atoms in total. The third-order valence-electron chi connectivity index (χ3n) is 3.73. The summed E-state index contributed by atoms with van der Waals surface area (Å²) in [6, 6.07) is 11.4. The number of aromatic hydroxyl groups is 1. The van der Waals surface area contributed by atoms with E-state index in [1.165, 1.54) is 12.1 Å². The van der Waals surface area contributed by atoms with Crippen molar-refractivity contribution in [3.05, 3.63) is 82.9 Å². The van der Waals surface area contributed by atoms with Crippen molar-refractivity contribution in [2.45, 2.75) is 4.90 Å². The minimum atomic E-state index is -4.07. The van der Waals surface area contributed by atoms with E-state index in [1.54, 1.807) is 12.1 Å². The number of halogens is 3. The fourth-order valence-corrected chi connectivity index (χ4v) is 3.69. The Balaban J connectivity index is 1.88. The molecule has 10 heteroatoms. The van der Waals surface area contributed by atoms with E-state index in [0.717, 1.165) is 30.3 Å². The highest BCUT2D eigenvalue weighted by Crippen LogP contribution is 2.28. The highest BCUT2D eigenvalue weighted by atomic mass is 35.5. The third-order valence-corrected chi connectivity index (χ3v) is 5.34. The van der Waals surface area contributed by atoms with Gasteiger partial charge in [0.1, 0.15) is 17.4 Å². The van der Waals surface area contributed by atoms with Gasteiger partial charge in [0.25, 0.3) is 15.9 Å². The molecular formula is C19H13ClF2N2O4S. The van der Waals surface area contributed by atoms with Crippen LogP contribution in [0.5, 0.6) is 5.75 Å². The third kappa shape index (κ3) is 5.01. The lowest BCUT2D eigenvalue weighted by Crippen LogP contribution is -2.15. The van der Waals surface area contributed by atoms with E-state index >= 15 is 0 Å². The Kier molecular flexibility index (Phi) is 5.71. The second kappa shape index (κ2) is 8.06. The highest BCUT2D eigenvalue weighted by molar-refractivity contribution is 7.92. The average molecular weight is 439 g/mol. The van der Waals surface area contributed by atoms with Gasteiger partial charge in [-0.25, -0.2) is 17.2 Å². The Labute approximate surface area is 169 Å². The van der Waals surface area contributed by atoms with Crippen LogP contribution >= 0.6 is 11.6 Å². The summed E-state index contributed by atoms with van der Waals surface area (Å²) in [5.41, 5.74) is -0.382. The van der Waals surface area contributed by atoms with Crippen molar-refractivity contribution in [1.29, 1.82) is 0 Å². The van der Waals surface area contributed by atoms with Gasteiger partial charge in [0.05, 0.1) is 16.3 Å². The van der Waals surface area contributed by atoms with E-state index in [1.807, 2.05) is 0 Å². The van der Waals surface area contributed by atoms with E-state index in [0.29, 0.717) is 11.1 Å². The number of sulfonamides is 1. The maximum Gasteiger partial charge on any atom is 0.261 e. The maximum absolute atomic E-state index is 13.3. The Bertz CT molecular complexity index is 1180. The summed E-state index contributed by atoms with van der Waals surface area (Å²) in [7, 11) is -4.07. The average Bonchev–Trinajstić information content (AvgIpc) is 2.62. The molecule has 0 spiro atoms. The van der Waals surface area contributed by atoms with Gasteiger partial charge < -0.3 is 10.4 Å². The molecule has 0 fully saturated rings. The number of phenolic OH excluding ortho intramolecular Hbond substituents is 1. The predicted molar refractivity (Wildman–Crippen MR) is 105 cm³/mol. The number of carbonyl (C=O) groups excluding carboxylic acids is 1. The second-order valence-corrected chi connectivity index (χ2v) is 8.03. The van der Waals surface area contributed by atoms with Gasteiger partial charge in [0.2, 0.25) is 0 Å². The summed E-state index contributed by atoms with van der Waals surface area (Å²) in [5.74, 6) is -3.28. The topological polar surface area (TPSA) is 95.5 Å². The molecule has 0 aliphatic heterocycles. The lowest BCUT2D eigenvalue weighted by Gasteiger charge is -2.12. The van der Waals surface area contributed by atoms with Crippen molar-refractivity contribution in [2.24, 2.45) is 0 Å².